The number of unbranched alkanes of at least 4 members (excludes halogenated alkanes) is 1. The summed E-state index contributed by atoms with van der Waals surface area (Å²) in [4.78, 5) is 32.9. The van der Waals surface area contributed by atoms with Crippen molar-refractivity contribution >= 4 is 39.3 Å². The van der Waals surface area contributed by atoms with E-state index in [1.54, 1.807) is 23.0 Å². The van der Waals surface area contributed by atoms with Gasteiger partial charge < -0.3 is 9.47 Å². The van der Waals surface area contributed by atoms with Crippen LogP contribution in [-0.2, 0) is 22.4 Å². The third-order valence-corrected chi connectivity index (χ3v) is 7.72. The largest absolute Gasteiger partial charge is 0.497 e. The van der Waals surface area contributed by atoms with Crippen LogP contribution in [0.5, 0.6) is 5.75 Å². The van der Waals surface area contributed by atoms with Gasteiger partial charge in [0.2, 0.25) is 0 Å². The van der Waals surface area contributed by atoms with Crippen LogP contribution in [0, 0.1) is 0 Å². The standard InChI is InChI=1S/C24H28N2O4S2/c1-3-4-14-30-20(27)15-31-24-25-22-21(18-8-6-5-7-9-19(18)32-22)23(28)26(24)16-10-12-17(29-2)13-11-16/h10-13H,3-9,14-15H2,1-2H3. The van der Waals surface area contributed by atoms with Gasteiger partial charge in [-0.3, -0.25) is 14.2 Å². The summed E-state index contributed by atoms with van der Waals surface area (Å²) in [5, 5.41) is 1.24. The molecular weight excluding hydrogens is 444 g/mol. The molecule has 1 aromatic carbocycles. The fourth-order valence-corrected chi connectivity index (χ4v) is 6.03. The molecule has 6 nitrogen and oxygen atoms in total. The van der Waals surface area contributed by atoms with Gasteiger partial charge in [0.15, 0.2) is 5.16 Å². The van der Waals surface area contributed by atoms with E-state index in [0.717, 1.165) is 54.3 Å². The summed E-state index contributed by atoms with van der Waals surface area (Å²) in [6, 6.07) is 7.35. The maximum atomic E-state index is 13.8. The number of hydrogen-bond donors (Lipinski definition) is 0. The molecule has 0 bridgehead atoms. The molecule has 1 aliphatic carbocycles. The van der Waals surface area contributed by atoms with Crippen LogP contribution >= 0.6 is 23.1 Å². The molecule has 0 spiro atoms. The highest BCUT2D eigenvalue weighted by molar-refractivity contribution is 7.99. The SMILES string of the molecule is CCCCOC(=O)CSc1nc2sc3c(c2c(=O)n1-c1ccc(OC)cc1)CCCCC3. The van der Waals surface area contributed by atoms with Crippen molar-refractivity contribution in [3.05, 3.63) is 45.1 Å². The average Bonchev–Trinajstić information content (AvgIpc) is 2.99. The first kappa shape index (κ1) is 22.9. The zero-order valence-electron chi connectivity index (χ0n) is 18.5. The highest BCUT2D eigenvalue weighted by Gasteiger charge is 2.23. The van der Waals surface area contributed by atoms with Gasteiger partial charge in [0.1, 0.15) is 10.6 Å². The molecular formula is C24H28N2O4S2. The van der Waals surface area contributed by atoms with Crippen molar-refractivity contribution in [1.82, 2.24) is 9.55 Å². The lowest BCUT2D eigenvalue weighted by molar-refractivity contribution is -0.140. The quantitative estimate of drug-likeness (QED) is 0.148. The molecule has 0 fully saturated rings. The van der Waals surface area contributed by atoms with Crippen molar-refractivity contribution in [2.24, 2.45) is 0 Å². The minimum Gasteiger partial charge on any atom is -0.497 e. The third-order valence-electron chi connectivity index (χ3n) is 5.62. The second-order valence-electron chi connectivity index (χ2n) is 7.84. The molecule has 8 heteroatoms. The number of carbonyl (C=O) groups excluding carboxylic acids is 1. The second-order valence-corrected chi connectivity index (χ2v) is 9.87. The molecule has 0 atom stereocenters. The van der Waals surface area contributed by atoms with Crippen molar-refractivity contribution < 1.29 is 14.3 Å². The summed E-state index contributed by atoms with van der Waals surface area (Å²) in [6.45, 7) is 2.48. The molecule has 3 aromatic rings. The Morgan fingerprint density at radius 1 is 1.19 bits per heavy atom. The Labute approximate surface area is 196 Å². The Morgan fingerprint density at radius 3 is 2.72 bits per heavy atom. The van der Waals surface area contributed by atoms with Crippen LogP contribution in [-0.4, -0.2) is 35.0 Å². The van der Waals surface area contributed by atoms with E-state index in [0.29, 0.717) is 23.2 Å². The van der Waals surface area contributed by atoms with Crippen molar-refractivity contribution in [2.45, 2.75) is 57.0 Å². The van der Waals surface area contributed by atoms with E-state index in [1.807, 2.05) is 24.3 Å². The summed E-state index contributed by atoms with van der Waals surface area (Å²) < 4.78 is 12.2. The molecule has 2 heterocycles. The van der Waals surface area contributed by atoms with Crippen LogP contribution in [0.3, 0.4) is 0 Å². The number of thiophene rings is 1. The van der Waals surface area contributed by atoms with Gasteiger partial charge in [-0.25, -0.2) is 4.98 Å². The Morgan fingerprint density at radius 2 is 1.97 bits per heavy atom. The third kappa shape index (κ3) is 4.86. The van der Waals surface area contributed by atoms with Gasteiger partial charge in [0.05, 0.1) is 30.5 Å². The summed E-state index contributed by atoms with van der Waals surface area (Å²) in [5.41, 5.74) is 1.81. The van der Waals surface area contributed by atoms with Crippen LogP contribution in [0.4, 0.5) is 0 Å². The zero-order valence-corrected chi connectivity index (χ0v) is 20.2. The molecule has 1 aliphatic rings. The molecule has 0 aliphatic heterocycles. The van der Waals surface area contributed by atoms with E-state index < -0.39 is 0 Å². The maximum Gasteiger partial charge on any atom is 0.316 e. The minimum atomic E-state index is -0.291. The van der Waals surface area contributed by atoms with E-state index in [4.69, 9.17) is 14.5 Å². The lowest BCUT2D eigenvalue weighted by atomic mass is 10.1. The van der Waals surface area contributed by atoms with E-state index in [9.17, 15) is 9.59 Å². The maximum absolute atomic E-state index is 13.8. The fourth-order valence-electron chi connectivity index (χ4n) is 3.91. The predicted octanol–water partition coefficient (Wildman–Crippen LogP) is 5.16. The van der Waals surface area contributed by atoms with Crippen molar-refractivity contribution in [1.29, 1.82) is 0 Å². The number of fused-ring (bicyclic) bond motifs is 3. The number of carbonyl (C=O) groups is 1. The van der Waals surface area contributed by atoms with Gasteiger partial charge in [-0.05, 0) is 61.9 Å². The van der Waals surface area contributed by atoms with Crippen molar-refractivity contribution in [3.63, 3.8) is 0 Å². The van der Waals surface area contributed by atoms with Gasteiger partial charge >= 0.3 is 5.97 Å². The minimum absolute atomic E-state index is 0.0681. The van der Waals surface area contributed by atoms with Gasteiger partial charge in [-0.1, -0.05) is 31.5 Å². The lowest BCUT2D eigenvalue weighted by Crippen LogP contribution is -2.22. The molecule has 0 saturated heterocycles. The highest BCUT2D eigenvalue weighted by atomic mass is 32.2. The topological polar surface area (TPSA) is 70.4 Å². The van der Waals surface area contributed by atoms with Crippen LogP contribution in [0.15, 0.2) is 34.2 Å². The first-order valence-electron chi connectivity index (χ1n) is 11.1. The number of benzene rings is 1. The lowest BCUT2D eigenvalue weighted by Gasteiger charge is -2.13. The Kier molecular flexibility index (Phi) is 7.52. The number of hydrogen-bond acceptors (Lipinski definition) is 7. The van der Waals surface area contributed by atoms with Crippen LogP contribution in [0.1, 0.15) is 49.5 Å². The molecule has 4 rings (SSSR count). The smallest absolute Gasteiger partial charge is 0.316 e. The first-order chi connectivity index (χ1) is 15.6. The van der Waals surface area contributed by atoms with E-state index in [-0.39, 0.29) is 17.3 Å². The Bertz CT molecular complexity index is 1150. The van der Waals surface area contributed by atoms with E-state index in [1.165, 1.54) is 23.1 Å². The van der Waals surface area contributed by atoms with Crippen molar-refractivity contribution in [3.8, 4) is 11.4 Å². The zero-order chi connectivity index (χ0) is 22.5. The number of aromatic nitrogens is 2. The molecule has 0 radical (unpaired) electrons. The average molecular weight is 473 g/mol. The van der Waals surface area contributed by atoms with E-state index in [2.05, 4.69) is 6.92 Å². The molecule has 0 amide bonds. The monoisotopic (exact) mass is 472 g/mol. The second kappa shape index (κ2) is 10.5. The summed E-state index contributed by atoms with van der Waals surface area (Å²) >= 11 is 2.88. The van der Waals surface area contributed by atoms with Gasteiger partial charge in [0.25, 0.3) is 5.56 Å². The summed E-state index contributed by atoms with van der Waals surface area (Å²) in [7, 11) is 1.61. The Hall–Kier alpha value is -2.32. The molecule has 2 aromatic heterocycles. The Balaban J connectivity index is 1.76. The summed E-state index contributed by atoms with van der Waals surface area (Å²) in [6.07, 6.45) is 7.18. The van der Waals surface area contributed by atoms with Crippen molar-refractivity contribution in [2.75, 3.05) is 19.5 Å². The highest BCUT2D eigenvalue weighted by Crippen LogP contribution is 2.34. The molecule has 32 heavy (non-hydrogen) atoms. The predicted molar refractivity (Wildman–Crippen MR) is 130 cm³/mol. The molecule has 170 valence electrons. The number of nitrogens with zero attached hydrogens (tertiary/aromatic N) is 2. The van der Waals surface area contributed by atoms with Gasteiger partial charge in [-0.2, -0.15) is 0 Å². The van der Waals surface area contributed by atoms with Crippen LogP contribution in [0.2, 0.25) is 0 Å². The van der Waals surface area contributed by atoms with Crippen LogP contribution < -0.4 is 10.3 Å². The molecule has 0 unspecified atom stereocenters. The van der Waals surface area contributed by atoms with E-state index >= 15 is 0 Å². The number of aryl methyl sites for hydroxylation is 2. The van der Waals surface area contributed by atoms with Gasteiger partial charge in [0, 0.05) is 4.88 Å². The first-order valence-corrected chi connectivity index (χ1v) is 12.9. The normalized spacial score (nSPS) is 13.6. The number of ether oxygens (including phenoxy) is 2. The number of rotatable bonds is 8. The van der Waals surface area contributed by atoms with Crippen LogP contribution in [0.25, 0.3) is 15.9 Å². The molecule has 0 saturated carbocycles. The fraction of sp³-hybridized carbons (Fsp3) is 0.458. The van der Waals surface area contributed by atoms with Gasteiger partial charge in [-0.15, -0.1) is 11.3 Å². The number of thioether (sulfide) groups is 1. The number of esters is 1. The summed E-state index contributed by atoms with van der Waals surface area (Å²) in [5.74, 6) is 0.540. The molecule has 0 N–H and O–H groups in total. The number of methoxy groups -OCH3 is 1.